The Morgan fingerprint density at radius 1 is 1.27 bits per heavy atom. The molecule has 1 aromatic carbocycles. The van der Waals surface area contributed by atoms with Gasteiger partial charge in [-0.25, -0.2) is 5.43 Å². The van der Waals surface area contributed by atoms with E-state index in [1.165, 1.54) is 5.56 Å². The Bertz CT molecular complexity index is 282. The van der Waals surface area contributed by atoms with Gasteiger partial charge in [0.25, 0.3) is 0 Å². The van der Waals surface area contributed by atoms with Crippen molar-refractivity contribution in [1.29, 1.82) is 0 Å². The lowest BCUT2D eigenvalue weighted by atomic mass is 10.1. The molecule has 1 aromatic rings. The zero-order valence-electron chi connectivity index (χ0n) is 9.95. The maximum atomic E-state index is 5.13. The van der Waals surface area contributed by atoms with Crippen LogP contribution in [0.2, 0.25) is 0 Å². The molecule has 0 bridgehead atoms. The zero-order chi connectivity index (χ0) is 11.3. The van der Waals surface area contributed by atoms with Gasteiger partial charge in [0.15, 0.2) is 0 Å². The topological polar surface area (TPSA) is 24.5 Å². The van der Waals surface area contributed by atoms with Crippen molar-refractivity contribution in [1.82, 2.24) is 10.4 Å². The van der Waals surface area contributed by atoms with Crippen molar-refractivity contribution < 1.29 is 4.74 Å². The molecule has 1 rings (SSSR count). The van der Waals surface area contributed by atoms with Crippen LogP contribution in [0.15, 0.2) is 24.3 Å². The first-order chi connectivity index (χ1) is 7.17. The molecule has 0 heterocycles. The van der Waals surface area contributed by atoms with E-state index in [1.807, 2.05) is 31.2 Å². The Morgan fingerprint density at radius 2 is 1.87 bits per heavy atom. The lowest BCUT2D eigenvalue weighted by molar-refractivity contribution is 0.239. The number of hydrogen-bond acceptors (Lipinski definition) is 3. The van der Waals surface area contributed by atoms with Crippen LogP contribution in [0.4, 0.5) is 0 Å². The molecule has 0 radical (unpaired) electrons. The summed E-state index contributed by atoms with van der Waals surface area (Å²) in [5.74, 6) is 0.901. The van der Waals surface area contributed by atoms with Crippen LogP contribution in [0.25, 0.3) is 0 Å². The Labute approximate surface area is 92.0 Å². The first-order valence-electron chi connectivity index (χ1n) is 5.24. The molecule has 1 atom stereocenters. The summed E-state index contributed by atoms with van der Waals surface area (Å²) in [5.41, 5.74) is 4.66. The lowest BCUT2D eigenvalue weighted by Crippen LogP contribution is -2.33. The summed E-state index contributed by atoms with van der Waals surface area (Å²) in [6.45, 7) is 2.17. The Balaban J connectivity index is 2.74. The van der Waals surface area contributed by atoms with E-state index in [0.717, 1.165) is 12.2 Å². The summed E-state index contributed by atoms with van der Waals surface area (Å²) in [6, 6.07) is 8.56. The molecular weight excluding hydrogens is 188 g/mol. The fraction of sp³-hybridized carbons (Fsp3) is 0.500. The molecule has 0 aliphatic carbocycles. The van der Waals surface area contributed by atoms with Crippen molar-refractivity contribution in [3.8, 4) is 5.75 Å². The van der Waals surface area contributed by atoms with Crippen LogP contribution in [-0.2, 0) is 0 Å². The largest absolute Gasteiger partial charge is 0.497 e. The Hall–Kier alpha value is -1.06. The smallest absolute Gasteiger partial charge is 0.118 e. The van der Waals surface area contributed by atoms with Gasteiger partial charge in [-0.3, -0.25) is 5.01 Å². The van der Waals surface area contributed by atoms with Gasteiger partial charge < -0.3 is 4.74 Å². The second-order valence-corrected chi connectivity index (χ2v) is 3.76. The maximum Gasteiger partial charge on any atom is 0.118 e. The van der Waals surface area contributed by atoms with Crippen molar-refractivity contribution in [3.63, 3.8) is 0 Å². The van der Waals surface area contributed by atoms with Crippen LogP contribution in [-0.4, -0.2) is 26.2 Å². The summed E-state index contributed by atoms with van der Waals surface area (Å²) in [7, 11) is 5.70. The van der Waals surface area contributed by atoms with Gasteiger partial charge >= 0.3 is 0 Å². The number of nitrogens with zero attached hydrogens (tertiary/aromatic N) is 1. The maximum absolute atomic E-state index is 5.13. The first-order valence-corrected chi connectivity index (χ1v) is 5.24. The second-order valence-electron chi connectivity index (χ2n) is 3.76. The highest BCUT2D eigenvalue weighted by molar-refractivity contribution is 5.28. The fourth-order valence-electron chi connectivity index (χ4n) is 1.55. The Kier molecular flexibility index (Phi) is 4.59. The molecule has 3 heteroatoms. The minimum atomic E-state index is 0.367. The van der Waals surface area contributed by atoms with E-state index < -0.39 is 0 Å². The van der Waals surface area contributed by atoms with Gasteiger partial charge in [0.1, 0.15) is 5.75 Å². The standard InChI is InChI=1S/C12H20N2O/c1-5-12(13-14(2)3)10-6-8-11(15-4)9-7-10/h6-9,12-13H,5H2,1-4H3. The molecule has 1 unspecified atom stereocenters. The first kappa shape index (κ1) is 12.0. The third-order valence-electron chi connectivity index (χ3n) is 2.34. The number of nitrogens with one attached hydrogen (secondary N) is 1. The van der Waals surface area contributed by atoms with Gasteiger partial charge in [0.05, 0.1) is 7.11 Å². The van der Waals surface area contributed by atoms with E-state index in [4.69, 9.17) is 4.74 Å². The summed E-state index contributed by atoms with van der Waals surface area (Å²) < 4.78 is 5.13. The molecule has 84 valence electrons. The SMILES string of the molecule is CCC(NN(C)C)c1ccc(OC)cc1. The lowest BCUT2D eigenvalue weighted by Gasteiger charge is -2.22. The number of rotatable bonds is 5. The second kappa shape index (κ2) is 5.73. The van der Waals surface area contributed by atoms with Crippen molar-refractivity contribution >= 4 is 0 Å². The fourth-order valence-corrected chi connectivity index (χ4v) is 1.55. The molecule has 0 aromatic heterocycles. The highest BCUT2D eigenvalue weighted by Gasteiger charge is 2.08. The van der Waals surface area contributed by atoms with Gasteiger partial charge in [-0.15, -0.1) is 0 Å². The monoisotopic (exact) mass is 208 g/mol. The average Bonchev–Trinajstić information content (AvgIpc) is 2.26. The normalized spacial score (nSPS) is 12.9. The number of benzene rings is 1. The quantitative estimate of drug-likeness (QED) is 0.751. The highest BCUT2D eigenvalue weighted by atomic mass is 16.5. The molecule has 0 saturated heterocycles. The summed E-state index contributed by atoms with van der Waals surface area (Å²) >= 11 is 0. The zero-order valence-corrected chi connectivity index (χ0v) is 9.95. The summed E-state index contributed by atoms with van der Waals surface area (Å²) in [4.78, 5) is 0. The molecular formula is C12H20N2O. The molecule has 0 fully saturated rings. The molecule has 3 nitrogen and oxygen atoms in total. The van der Waals surface area contributed by atoms with Crippen LogP contribution < -0.4 is 10.2 Å². The minimum absolute atomic E-state index is 0.367. The van der Waals surface area contributed by atoms with E-state index in [0.29, 0.717) is 6.04 Å². The van der Waals surface area contributed by atoms with Gasteiger partial charge in [0.2, 0.25) is 0 Å². The van der Waals surface area contributed by atoms with Crippen LogP contribution in [0.1, 0.15) is 24.9 Å². The Morgan fingerprint density at radius 3 is 2.27 bits per heavy atom. The molecule has 0 saturated carbocycles. The summed E-state index contributed by atoms with van der Waals surface area (Å²) in [5, 5.41) is 1.98. The molecule has 0 aliphatic heterocycles. The number of hydrazine groups is 1. The van der Waals surface area contributed by atoms with Crippen molar-refractivity contribution in [2.45, 2.75) is 19.4 Å². The van der Waals surface area contributed by atoms with Crippen LogP contribution >= 0.6 is 0 Å². The molecule has 0 aliphatic rings. The van der Waals surface area contributed by atoms with Gasteiger partial charge in [-0.1, -0.05) is 19.1 Å². The van der Waals surface area contributed by atoms with Crippen molar-refractivity contribution in [2.24, 2.45) is 0 Å². The van der Waals surface area contributed by atoms with Crippen molar-refractivity contribution in [3.05, 3.63) is 29.8 Å². The van der Waals surface area contributed by atoms with Gasteiger partial charge in [-0.2, -0.15) is 0 Å². The van der Waals surface area contributed by atoms with E-state index in [1.54, 1.807) is 7.11 Å². The van der Waals surface area contributed by atoms with E-state index in [2.05, 4.69) is 24.5 Å². The van der Waals surface area contributed by atoms with E-state index in [-0.39, 0.29) is 0 Å². The van der Waals surface area contributed by atoms with Gasteiger partial charge in [-0.05, 0) is 24.1 Å². The molecule has 1 N–H and O–H groups in total. The van der Waals surface area contributed by atoms with Crippen molar-refractivity contribution in [2.75, 3.05) is 21.2 Å². The van der Waals surface area contributed by atoms with Crippen LogP contribution in [0.3, 0.4) is 0 Å². The van der Waals surface area contributed by atoms with E-state index in [9.17, 15) is 0 Å². The summed E-state index contributed by atoms with van der Waals surface area (Å²) in [6.07, 6.45) is 1.06. The third-order valence-corrected chi connectivity index (χ3v) is 2.34. The minimum Gasteiger partial charge on any atom is -0.497 e. The number of hydrogen-bond donors (Lipinski definition) is 1. The van der Waals surface area contributed by atoms with Crippen LogP contribution in [0, 0.1) is 0 Å². The molecule has 0 amide bonds. The predicted molar refractivity (Wildman–Crippen MR) is 62.8 cm³/mol. The van der Waals surface area contributed by atoms with Gasteiger partial charge in [0, 0.05) is 20.1 Å². The predicted octanol–water partition coefficient (Wildman–Crippen LogP) is 2.21. The molecule has 15 heavy (non-hydrogen) atoms. The number of ether oxygens (including phenoxy) is 1. The number of methoxy groups -OCH3 is 1. The van der Waals surface area contributed by atoms with E-state index >= 15 is 0 Å². The molecule has 0 spiro atoms. The van der Waals surface area contributed by atoms with Crippen LogP contribution in [0.5, 0.6) is 5.75 Å². The average molecular weight is 208 g/mol. The third kappa shape index (κ3) is 3.53. The highest BCUT2D eigenvalue weighted by Crippen LogP contribution is 2.19.